The lowest BCUT2D eigenvalue weighted by Crippen LogP contribution is -2.33. The van der Waals surface area contributed by atoms with Crippen molar-refractivity contribution < 1.29 is 29.3 Å². The molecule has 0 aliphatic heterocycles. The van der Waals surface area contributed by atoms with Crippen LogP contribution in [0.4, 0.5) is 0 Å². The second kappa shape index (κ2) is 9.66. The predicted molar refractivity (Wildman–Crippen MR) is 56.5 cm³/mol. The van der Waals surface area contributed by atoms with Gasteiger partial charge in [0.1, 0.15) is 12.1 Å². The van der Waals surface area contributed by atoms with Crippen molar-refractivity contribution in [2.24, 2.45) is 17.2 Å². The summed E-state index contributed by atoms with van der Waals surface area (Å²) >= 11 is 0. The van der Waals surface area contributed by atoms with Crippen molar-refractivity contribution in [2.75, 3.05) is 13.2 Å². The molecule has 0 aromatic rings. The number of hydrogen-bond donors (Lipinski definition) is 5. The zero-order valence-corrected chi connectivity index (χ0v) is 9.33. The summed E-state index contributed by atoms with van der Waals surface area (Å²) in [5.74, 6) is -2.69. The van der Waals surface area contributed by atoms with Crippen LogP contribution in [0.1, 0.15) is 6.92 Å². The Morgan fingerprint density at radius 3 is 1.94 bits per heavy atom. The third-order valence-corrected chi connectivity index (χ3v) is 1.27. The van der Waals surface area contributed by atoms with Crippen LogP contribution in [0, 0.1) is 0 Å². The summed E-state index contributed by atoms with van der Waals surface area (Å²) in [6.07, 6.45) is 0. The number of aliphatic carboxylic acids is 1. The Kier molecular flexibility index (Phi) is 10.1. The lowest BCUT2D eigenvalue weighted by Gasteiger charge is -2.02. The molecule has 8 N–H and O–H groups in total. The van der Waals surface area contributed by atoms with Crippen LogP contribution in [0.3, 0.4) is 0 Å². The summed E-state index contributed by atoms with van der Waals surface area (Å²) in [4.78, 5) is 30.4. The van der Waals surface area contributed by atoms with E-state index in [4.69, 9.17) is 27.4 Å². The van der Waals surface area contributed by atoms with Crippen molar-refractivity contribution in [3.8, 4) is 0 Å². The Hall–Kier alpha value is -1.55. The highest BCUT2D eigenvalue weighted by Gasteiger charge is 2.12. The van der Waals surface area contributed by atoms with E-state index in [1.54, 1.807) is 0 Å². The van der Waals surface area contributed by atoms with Gasteiger partial charge in [-0.2, -0.15) is 0 Å². The molecule has 0 unspecified atom stereocenters. The van der Waals surface area contributed by atoms with E-state index in [9.17, 15) is 14.4 Å². The molecule has 9 nitrogen and oxygen atoms in total. The predicted octanol–water partition coefficient (Wildman–Crippen LogP) is -3.25. The van der Waals surface area contributed by atoms with Gasteiger partial charge in [0, 0.05) is 0 Å². The van der Waals surface area contributed by atoms with Gasteiger partial charge in [-0.1, -0.05) is 0 Å². The molecule has 0 spiro atoms. The number of carbonyl (C=O) groups excluding carboxylic acids is 2. The molecule has 2 atom stereocenters. The zero-order chi connectivity index (χ0) is 14.0. The highest BCUT2D eigenvalue weighted by atomic mass is 16.6. The first-order valence-corrected chi connectivity index (χ1v) is 4.55. The van der Waals surface area contributed by atoms with Crippen LogP contribution in [-0.4, -0.2) is 53.4 Å². The lowest BCUT2D eigenvalue weighted by molar-refractivity contribution is -0.159. The van der Waals surface area contributed by atoms with Crippen LogP contribution in [0.5, 0.6) is 0 Å². The summed E-state index contributed by atoms with van der Waals surface area (Å²) in [7, 11) is 0. The lowest BCUT2D eigenvalue weighted by atomic mass is 10.3. The van der Waals surface area contributed by atoms with Crippen LogP contribution in [0.25, 0.3) is 0 Å². The molecule has 0 amide bonds. The normalized spacial score (nSPS) is 12.8. The van der Waals surface area contributed by atoms with Crippen molar-refractivity contribution in [2.45, 2.75) is 19.0 Å². The van der Waals surface area contributed by atoms with Crippen LogP contribution < -0.4 is 17.2 Å². The summed E-state index contributed by atoms with van der Waals surface area (Å²) in [5.41, 5.74) is 14.7. The van der Waals surface area contributed by atoms with Gasteiger partial charge in [-0.3, -0.25) is 9.59 Å². The van der Waals surface area contributed by atoms with E-state index < -0.39 is 36.6 Å². The van der Waals surface area contributed by atoms with E-state index in [2.05, 4.69) is 4.74 Å². The molecule has 0 aromatic heterocycles. The molecule has 0 aromatic carbocycles. The first-order chi connectivity index (χ1) is 7.76. The number of ether oxygens (including phenoxy) is 1. The van der Waals surface area contributed by atoms with Gasteiger partial charge < -0.3 is 32.2 Å². The average molecular weight is 251 g/mol. The fourth-order valence-electron chi connectivity index (χ4n) is 0.325. The van der Waals surface area contributed by atoms with E-state index in [1.165, 1.54) is 6.92 Å². The maximum Gasteiger partial charge on any atom is 0.330 e. The van der Waals surface area contributed by atoms with Crippen LogP contribution in [-0.2, 0) is 19.1 Å². The van der Waals surface area contributed by atoms with E-state index in [1.807, 2.05) is 0 Å². The molecule has 0 rings (SSSR count). The molecular formula is C8H17N3O6. The van der Waals surface area contributed by atoms with Gasteiger partial charge in [-0.05, 0) is 6.92 Å². The molecule has 0 fully saturated rings. The molecule has 0 saturated carbocycles. The monoisotopic (exact) mass is 251 g/mol. The molecule has 9 heteroatoms. The molecule has 0 radical (unpaired) electrons. The Balaban J connectivity index is 0. The SMILES string of the molecule is C[C@H](N)C(=O)OC(=O)CN.N[C@@H](CO)C(=O)O. The second-order valence-corrected chi connectivity index (χ2v) is 2.91. The van der Waals surface area contributed by atoms with Crippen molar-refractivity contribution in [3.63, 3.8) is 0 Å². The maximum absolute atomic E-state index is 10.5. The Bertz CT molecular complexity index is 268. The standard InChI is InChI=1S/C5H10N2O3.C3H7NO3/c1-3(7)5(9)10-4(8)2-6;4-2(1-5)3(6)7/h3H,2,6-7H2,1H3;2,5H,1,4H2,(H,6,7)/t3-;2-/m00/s1. The second-order valence-electron chi connectivity index (χ2n) is 2.91. The number of carboxylic acids is 1. The molecule has 0 bridgehead atoms. The molecule has 0 aliphatic carbocycles. The number of nitrogens with two attached hydrogens (primary N) is 3. The number of carboxylic acid groups (broad SMARTS) is 1. The number of hydrogen-bond acceptors (Lipinski definition) is 8. The maximum atomic E-state index is 10.5. The van der Waals surface area contributed by atoms with Crippen molar-refractivity contribution in [1.82, 2.24) is 0 Å². The smallest absolute Gasteiger partial charge is 0.330 e. The number of aliphatic hydroxyl groups is 1. The van der Waals surface area contributed by atoms with Crippen molar-refractivity contribution in [3.05, 3.63) is 0 Å². The van der Waals surface area contributed by atoms with Crippen molar-refractivity contribution in [1.29, 1.82) is 0 Å². The molecule has 0 saturated heterocycles. The highest BCUT2D eigenvalue weighted by molar-refractivity contribution is 5.88. The minimum atomic E-state index is -1.18. The highest BCUT2D eigenvalue weighted by Crippen LogP contribution is 1.83. The fourth-order valence-corrected chi connectivity index (χ4v) is 0.325. The summed E-state index contributed by atoms with van der Waals surface area (Å²) in [5, 5.41) is 15.9. The minimum absolute atomic E-state index is 0.307. The quantitative estimate of drug-likeness (QED) is 0.253. The Labute approximate surface area is 97.5 Å². The molecule has 100 valence electrons. The van der Waals surface area contributed by atoms with E-state index in [0.29, 0.717) is 0 Å². The van der Waals surface area contributed by atoms with E-state index in [0.717, 1.165) is 0 Å². The van der Waals surface area contributed by atoms with Gasteiger partial charge in [0.05, 0.1) is 13.2 Å². The first kappa shape index (κ1) is 17.8. The zero-order valence-electron chi connectivity index (χ0n) is 9.33. The van der Waals surface area contributed by atoms with Gasteiger partial charge >= 0.3 is 17.9 Å². The first-order valence-electron chi connectivity index (χ1n) is 4.55. The number of aliphatic hydroxyl groups excluding tert-OH is 1. The number of rotatable bonds is 4. The van der Waals surface area contributed by atoms with E-state index >= 15 is 0 Å². The summed E-state index contributed by atoms with van der Waals surface area (Å²) < 4.78 is 4.13. The van der Waals surface area contributed by atoms with Gasteiger partial charge in [0.15, 0.2) is 0 Å². The minimum Gasteiger partial charge on any atom is -0.480 e. The number of esters is 2. The number of carbonyl (C=O) groups is 3. The van der Waals surface area contributed by atoms with Gasteiger partial charge in [-0.15, -0.1) is 0 Å². The topological polar surface area (TPSA) is 179 Å². The largest absolute Gasteiger partial charge is 0.480 e. The van der Waals surface area contributed by atoms with Gasteiger partial charge in [-0.25, -0.2) is 4.79 Å². The molecule has 0 heterocycles. The van der Waals surface area contributed by atoms with Crippen LogP contribution >= 0.6 is 0 Å². The van der Waals surface area contributed by atoms with Crippen molar-refractivity contribution >= 4 is 17.9 Å². The van der Waals surface area contributed by atoms with Crippen LogP contribution in [0.2, 0.25) is 0 Å². The summed E-state index contributed by atoms with van der Waals surface area (Å²) in [6.45, 7) is 0.611. The Morgan fingerprint density at radius 2 is 1.76 bits per heavy atom. The fraction of sp³-hybridized carbons (Fsp3) is 0.625. The van der Waals surface area contributed by atoms with E-state index in [-0.39, 0.29) is 6.54 Å². The summed E-state index contributed by atoms with van der Waals surface area (Å²) in [6, 6.07) is -1.91. The average Bonchev–Trinajstić information content (AvgIpc) is 2.28. The third kappa shape index (κ3) is 10.7. The van der Waals surface area contributed by atoms with Gasteiger partial charge in [0.2, 0.25) is 0 Å². The third-order valence-electron chi connectivity index (χ3n) is 1.27. The molecular weight excluding hydrogens is 234 g/mol. The Morgan fingerprint density at radius 1 is 1.29 bits per heavy atom. The molecule has 17 heavy (non-hydrogen) atoms. The van der Waals surface area contributed by atoms with Gasteiger partial charge in [0.25, 0.3) is 0 Å². The van der Waals surface area contributed by atoms with Crippen LogP contribution in [0.15, 0.2) is 0 Å². The molecule has 0 aliphatic rings.